The predicted octanol–water partition coefficient (Wildman–Crippen LogP) is 2.14. The van der Waals surface area contributed by atoms with Gasteiger partial charge >= 0.3 is 0 Å². The minimum absolute atomic E-state index is 0.323. The Labute approximate surface area is 128 Å². The van der Waals surface area contributed by atoms with Gasteiger partial charge in [-0.05, 0) is 38.4 Å². The van der Waals surface area contributed by atoms with E-state index in [0.29, 0.717) is 5.41 Å². The molecule has 0 aliphatic carbocycles. The highest BCUT2D eigenvalue weighted by Crippen LogP contribution is 2.31. The first-order chi connectivity index (χ1) is 10.2. The van der Waals surface area contributed by atoms with E-state index in [1.807, 2.05) is 19.2 Å². The monoisotopic (exact) mass is 292 g/mol. The third kappa shape index (κ3) is 4.43. The highest BCUT2D eigenvalue weighted by Gasteiger charge is 2.33. The molecule has 1 aliphatic rings. The lowest BCUT2D eigenvalue weighted by molar-refractivity contribution is -0.000811. The van der Waals surface area contributed by atoms with E-state index in [-0.39, 0.29) is 0 Å². The molecule has 21 heavy (non-hydrogen) atoms. The Bertz CT molecular complexity index is 425. The highest BCUT2D eigenvalue weighted by molar-refractivity contribution is 5.33. The zero-order valence-electron chi connectivity index (χ0n) is 13.5. The summed E-state index contributed by atoms with van der Waals surface area (Å²) in [4.78, 5) is 2.40. The number of hydrogen-bond acceptors (Lipinski definition) is 4. The van der Waals surface area contributed by atoms with Crippen LogP contribution in [0.2, 0.25) is 0 Å². The lowest BCUT2D eigenvalue weighted by Crippen LogP contribution is -2.45. The first kappa shape index (κ1) is 16.3. The summed E-state index contributed by atoms with van der Waals surface area (Å²) in [6.45, 7) is 4.80. The standard InChI is InChI=1S/C17H28N2O2/c1-18-13-17(8-10-21-11-9-17)14-19(2)12-15-6-4-5-7-16(15)20-3/h4-7,18H,8-14H2,1-3H3. The Morgan fingerprint density at radius 1 is 1.29 bits per heavy atom. The summed E-state index contributed by atoms with van der Waals surface area (Å²) in [6.07, 6.45) is 2.26. The van der Waals surface area contributed by atoms with Crippen LogP contribution in [0, 0.1) is 5.41 Å². The molecule has 0 unspecified atom stereocenters. The molecule has 1 aliphatic heterocycles. The summed E-state index contributed by atoms with van der Waals surface area (Å²) in [5, 5.41) is 3.36. The minimum Gasteiger partial charge on any atom is -0.496 e. The maximum Gasteiger partial charge on any atom is 0.123 e. The molecule has 1 fully saturated rings. The van der Waals surface area contributed by atoms with Gasteiger partial charge in [-0.25, -0.2) is 0 Å². The van der Waals surface area contributed by atoms with Crippen molar-refractivity contribution < 1.29 is 9.47 Å². The number of hydrogen-bond donors (Lipinski definition) is 1. The SMILES string of the molecule is CNCC1(CN(C)Cc2ccccc2OC)CCOCC1. The summed E-state index contributed by atoms with van der Waals surface area (Å²) in [7, 11) is 5.97. The molecule has 0 saturated carbocycles. The van der Waals surface area contributed by atoms with E-state index >= 15 is 0 Å². The molecule has 1 aromatic rings. The first-order valence-corrected chi connectivity index (χ1v) is 7.72. The average Bonchev–Trinajstić information content (AvgIpc) is 2.48. The number of nitrogens with zero attached hydrogens (tertiary/aromatic N) is 1. The van der Waals surface area contributed by atoms with Gasteiger partial charge in [-0.1, -0.05) is 18.2 Å². The molecule has 0 amide bonds. The third-order valence-electron chi connectivity index (χ3n) is 4.34. The van der Waals surface area contributed by atoms with Crippen LogP contribution in [0.3, 0.4) is 0 Å². The van der Waals surface area contributed by atoms with E-state index < -0.39 is 0 Å². The van der Waals surface area contributed by atoms with Crippen LogP contribution in [-0.2, 0) is 11.3 Å². The van der Waals surface area contributed by atoms with Gasteiger partial charge in [0.05, 0.1) is 7.11 Å². The Balaban J connectivity index is 2.00. The van der Waals surface area contributed by atoms with Crippen LogP contribution in [0.25, 0.3) is 0 Å². The smallest absolute Gasteiger partial charge is 0.123 e. The Morgan fingerprint density at radius 3 is 2.67 bits per heavy atom. The van der Waals surface area contributed by atoms with Gasteiger partial charge in [-0.15, -0.1) is 0 Å². The molecule has 1 heterocycles. The van der Waals surface area contributed by atoms with Gasteiger partial charge in [-0.3, -0.25) is 0 Å². The molecule has 118 valence electrons. The van der Waals surface area contributed by atoms with E-state index in [1.165, 1.54) is 5.56 Å². The van der Waals surface area contributed by atoms with Crippen LogP contribution in [0.5, 0.6) is 5.75 Å². The second-order valence-electron chi connectivity index (χ2n) is 6.13. The topological polar surface area (TPSA) is 33.7 Å². The van der Waals surface area contributed by atoms with E-state index in [4.69, 9.17) is 9.47 Å². The number of methoxy groups -OCH3 is 1. The van der Waals surface area contributed by atoms with E-state index in [1.54, 1.807) is 7.11 Å². The molecule has 4 nitrogen and oxygen atoms in total. The fourth-order valence-electron chi connectivity index (χ4n) is 3.32. The average molecular weight is 292 g/mol. The predicted molar refractivity (Wildman–Crippen MR) is 85.7 cm³/mol. The minimum atomic E-state index is 0.323. The lowest BCUT2D eigenvalue weighted by Gasteiger charge is -2.40. The van der Waals surface area contributed by atoms with Crippen molar-refractivity contribution in [2.45, 2.75) is 19.4 Å². The quantitative estimate of drug-likeness (QED) is 0.835. The summed E-state index contributed by atoms with van der Waals surface area (Å²) in [5.41, 5.74) is 1.57. The number of para-hydroxylation sites is 1. The van der Waals surface area contributed by atoms with Gasteiger partial charge in [0.25, 0.3) is 0 Å². The van der Waals surface area contributed by atoms with Crippen LogP contribution in [-0.4, -0.2) is 52.4 Å². The number of nitrogens with one attached hydrogen (secondary N) is 1. The molecular formula is C17H28N2O2. The number of benzene rings is 1. The van der Waals surface area contributed by atoms with Gasteiger partial charge in [0.15, 0.2) is 0 Å². The van der Waals surface area contributed by atoms with Crippen LogP contribution in [0.4, 0.5) is 0 Å². The summed E-state index contributed by atoms with van der Waals surface area (Å²) in [5.74, 6) is 0.971. The zero-order valence-corrected chi connectivity index (χ0v) is 13.5. The molecule has 0 radical (unpaired) electrons. The Hall–Kier alpha value is -1.10. The lowest BCUT2D eigenvalue weighted by atomic mass is 9.79. The second-order valence-corrected chi connectivity index (χ2v) is 6.13. The number of rotatable bonds is 7. The maximum absolute atomic E-state index is 5.54. The zero-order chi connectivity index (χ0) is 15.1. The molecule has 1 saturated heterocycles. The van der Waals surface area contributed by atoms with E-state index in [9.17, 15) is 0 Å². The largest absolute Gasteiger partial charge is 0.496 e. The van der Waals surface area contributed by atoms with Crippen molar-refractivity contribution in [1.82, 2.24) is 10.2 Å². The van der Waals surface area contributed by atoms with E-state index in [2.05, 4.69) is 29.4 Å². The molecule has 4 heteroatoms. The van der Waals surface area contributed by atoms with Gasteiger partial charge in [0.1, 0.15) is 5.75 Å². The fraction of sp³-hybridized carbons (Fsp3) is 0.647. The number of ether oxygens (including phenoxy) is 2. The second kappa shape index (κ2) is 7.78. The van der Waals surface area contributed by atoms with E-state index in [0.717, 1.165) is 51.4 Å². The van der Waals surface area contributed by atoms with Gasteiger partial charge in [-0.2, -0.15) is 0 Å². The van der Waals surface area contributed by atoms with Crippen LogP contribution in [0.15, 0.2) is 24.3 Å². The third-order valence-corrected chi connectivity index (χ3v) is 4.34. The molecule has 1 aromatic carbocycles. The molecule has 0 aromatic heterocycles. The van der Waals surface area contributed by atoms with Crippen molar-refractivity contribution in [1.29, 1.82) is 0 Å². The maximum atomic E-state index is 5.54. The first-order valence-electron chi connectivity index (χ1n) is 7.72. The molecule has 0 bridgehead atoms. The summed E-state index contributed by atoms with van der Waals surface area (Å²) in [6, 6.07) is 8.26. The Kier molecular flexibility index (Phi) is 6.03. The molecule has 0 spiro atoms. The fourth-order valence-corrected chi connectivity index (χ4v) is 3.32. The van der Waals surface area contributed by atoms with Gasteiger partial charge in [0.2, 0.25) is 0 Å². The van der Waals surface area contributed by atoms with Crippen molar-refractivity contribution in [3.63, 3.8) is 0 Å². The molecular weight excluding hydrogens is 264 g/mol. The molecule has 2 rings (SSSR count). The summed E-state index contributed by atoms with van der Waals surface area (Å²) >= 11 is 0. The normalized spacial score (nSPS) is 17.9. The van der Waals surface area contributed by atoms with Crippen LogP contribution in [0.1, 0.15) is 18.4 Å². The van der Waals surface area contributed by atoms with Crippen LogP contribution < -0.4 is 10.1 Å². The molecule has 1 N–H and O–H groups in total. The van der Waals surface area contributed by atoms with Crippen LogP contribution >= 0.6 is 0 Å². The van der Waals surface area contributed by atoms with Gasteiger partial charge in [0, 0.05) is 38.4 Å². The van der Waals surface area contributed by atoms with Crippen molar-refractivity contribution in [3.05, 3.63) is 29.8 Å². The van der Waals surface area contributed by atoms with Crippen molar-refractivity contribution in [3.8, 4) is 5.75 Å². The van der Waals surface area contributed by atoms with Crippen molar-refractivity contribution in [2.75, 3.05) is 47.5 Å². The highest BCUT2D eigenvalue weighted by atomic mass is 16.5. The van der Waals surface area contributed by atoms with Crippen molar-refractivity contribution in [2.24, 2.45) is 5.41 Å². The Morgan fingerprint density at radius 2 is 2.00 bits per heavy atom. The van der Waals surface area contributed by atoms with Gasteiger partial charge < -0.3 is 19.7 Å². The van der Waals surface area contributed by atoms with Crippen molar-refractivity contribution >= 4 is 0 Å². The molecule has 0 atom stereocenters. The summed E-state index contributed by atoms with van der Waals surface area (Å²) < 4.78 is 11.0.